The first-order chi connectivity index (χ1) is 5.79. The van der Waals surface area contributed by atoms with E-state index in [0.717, 1.165) is 12.2 Å². The molecule has 0 aliphatic carbocycles. The zero-order chi connectivity index (χ0) is 8.97. The summed E-state index contributed by atoms with van der Waals surface area (Å²) < 4.78 is 0. The van der Waals surface area contributed by atoms with Crippen molar-refractivity contribution >= 4 is 11.4 Å². The van der Waals surface area contributed by atoms with Crippen LogP contribution in [0, 0.1) is 0 Å². The van der Waals surface area contributed by atoms with E-state index in [2.05, 4.69) is 4.98 Å². The predicted octanol–water partition coefficient (Wildman–Crippen LogP) is 1.05. The lowest BCUT2D eigenvalue weighted by Gasteiger charge is -2.20. The Morgan fingerprint density at radius 3 is 2.92 bits per heavy atom. The van der Waals surface area contributed by atoms with Crippen molar-refractivity contribution in [2.24, 2.45) is 0 Å². The van der Waals surface area contributed by atoms with Gasteiger partial charge in [0, 0.05) is 12.7 Å². The summed E-state index contributed by atoms with van der Waals surface area (Å²) in [5.41, 5.74) is 7.17. The van der Waals surface area contributed by atoms with Crippen LogP contribution < -0.4 is 10.8 Å². The molecule has 0 radical (unpaired) electrons. The van der Waals surface area contributed by atoms with E-state index in [1.165, 1.54) is 0 Å². The van der Waals surface area contributed by atoms with Crippen molar-refractivity contribution in [3.63, 3.8) is 0 Å². The molecule has 2 N–H and O–H groups in total. The second-order valence-electron chi connectivity index (χ2n) is 2.31. The average Bonchev–Trinajstić information content (AvgIpc) is 2.10. The molecule has 0 bridgehead atoms. The van der Waals surface area contributed by atoms with Crippen molar-refractivity contribution in [1.82, 2.24) is 4.98 Å². The average molecular weight is 167 g/mol. The van der Waals surface area contributed by atoms with Gasteiger partial charge in [-0.1, -0.05) is 0 Å². The molecule has 0 unspecified atom stereocenters. The van der Waals surface area contributed by atoms with E-state index < -0.39 is 0 Å². The Balaban J connectivity index is 2.92. The SMILES string of the molecule is CCN(OC)c1ccncc1N. The summed E-state index contributed by atoms with van der Waals surface area (Å²) in [6.45, 7) is 2.74. The van der Waals surface area contributed by atoms with Crippen LogP contribution in [-0.2, 0) is 4.84 Å². The topological polar surface area (TPSA) is 51.4 Å². The molecule has 0 aliphatic rings. The highest BCUT2D eigenvalue weighted by Gasteiger charge is 2.05. The summed E-state index contributed by atoms with van der Waals surface area (Å²) in [6.07, 6.45) is 3.30. The summed E-state index contributed by atoms with van der Waals surface area (Å²) in [4.78, 5) is 8.98. The van der Waals surface area contributed by atoms with Gasteiger partial charge < -0.3 is 5.73 Å². The molecule has 0 fully saturated rings. The van der Waals surface area contributed by atoms with Crippen LogP contribution in [0.3, 0.4) is 0 Å². The van der Waals surface area contributed by atoms with E-state index in [0.29, 0.717) is 5.69 Å². The van der Waals surface area contributed by atoms with E-state index in [1.807, 2.05) is 13.0 Å². The highest BCUT2D eigenvalue weighted by Crippen LogP contribution is 2.20. The van der Waals surface area contributed by atoms with Crippen molar-refractivity contribution in [2.45, 2.75) is 6.92 Å². The molecular weight excluding hydrogens is 154 g/mol. The van der Waals surface area contributed by atoms with Crippen LogP contribution in [0.5, 0.6) is 0 Å². The lowest BCUT2D eigenvalue weighted by Crippen LogP contribution is -2.21. The van der Waals surface area contributed by atoms with Gasteiger partial charge in [-0.2, -0.15) is 0 Å². The molecule has 1 aromatic rings. The van der Waals surface area contributed by atoms with Crippen LogP contribution in [0.4, 0.5) is 11.4 Å². The Kier molecular flexibility index (Phi) is 2.88. The number of nitrogens with two attached hydrogens (primary N) is 1. The molecule has 0 saturated heterocycles. The maximum atomic E-state index is 5.69. The highest BCUT2D eigenvalue weighted by molar-refractivity contribution is 5.64. The third-order valence-corrected chi connectivity index (χ3v) is 1.60. The van der Waals surface area contributed by atoms with Crippen molar-refractivity contribution in [3.05, 3.63) is 18.5 Å². The Morgan fingerprint density at radius 1 is 1.67 bits per heavy atom. The van der Waals surface area contributed by atoms with Gasteiger partial charge in [0.1, 0.15) is 0 Å². The summed E-state index contributed by atoms with van der Waals surface area (Å²) in [5.74, 6) is 0. The van der Waals surface area contributed by atoms with Crippen LogP contribution in [0.2, 0.25) is 0 Å². The lowest BCUT2D eigenvalue weighted by atomic mass is 10.3. The summed E-state index contributed by atoms with van der Waals surface area (Å²) in [5, 5.41) is 1.71. The van der Waals surface area contributed by atoms with Gasteiger partial charge in [-0.3, -0.25) is 14.9 Å². The number of hydroxylamine groups is 1. The lowest BCUT2D eigenvalue weighted by molar-refractivity contribution is 0.171. The van der Waals surface area contributed by atoms with Gasteiger partial charge in [0.05, 0.1) is 24.7 Å². The molecule has 4 heteroatoms. The third kappa shape index (κ3) is 1.65. The molecule has 12 heavy (non-hydrogen) atoms. The van der Waals surface area contributed by atoms with Gasteiger partial charge >= 0.3 is 0 Å². The minimum atomic E-state index is 0.626. The molecule has 0 amide bonds. The van der Waals surface area contributed by atoms with Crippen molar-refractivity contribution in [1.29, 1.82) is 0 Å². The monoisotopic (exact) mass is 167 g/mol. The first-order valence-corrected chi connectivity index (χ1v) is 3.80. The zero-order valence-electron chi connectivity index (χ0n) is 7.32. The largest absolute Gasteiger partial charge is 0.396 e. The Labute approximate surface area is 71.9 Å². The van der Waals surface area contributed by atoms with Crippen LogP contribution >= 0.6 is 0 Å². The molecular formula is C8H13N3O. The van der Waals surface area contributed by atoms with Crippen LogP contribution in [0.15, 0.2) is 18.5 Å². The van der Waals surface area contributed by atoms with Crippen molar-refractivity contribution < 1.29 is 4.84 Å². The summed E-state index contributed by atoms with van der Waals surface area (Å²) in [7, 11) is 1.61. The number of nitrogen functional groups attached to an aromatic ring is 1. The summed E-state index contributed by atoms with van der Waals surface area (Å²) >= 11 is 0. The minimum absolute atomic E-state index is 0.626. The third-order valence-electron chi connectivity index (χ3n) is 1.60. The van der Waals surface area contributed by atoms with E-state index >= 15 is 0 Å². The maximum Gasteiger partial charge on any atom is 0.0896 e. The van der Waals surface area contributed by atoms with Gasteiger partial charge in [0.15, 0.2) is 0 Å². The Hall–Kier alpha value is -1.29. The second-order valence-corrected chi connectivity index (χ2v) is 2.31. The fourth-order valence-electron chi connectivity index (χ4n) is 1.02. The number of pyridine rings is 1. The number of nitrogens with zero attached hydrogens (tertiary/aromatic N) is 2. The Morgan fingerprint density at radius 2 is 2.42 bits per heavy atom. The highest BCUT2D eigenvalue weighted by atomic mass is 16.7. The second kappa shape index (κ2) is 3.92. The molecule has 0 aromatic carbocycles. The van der Waals surface area contributed by atoms with Crippen LogP contribution in [0.25, 0.3) is 0 Å². The minimum Gasteiger partial charge on any atom is -0.396 e. The van der Waals surface area contributed by atoms with Crippen molar-refractivity contribution in [3.8, 4) is 0 Å². The van der Waals surface area contributed by atoms with Gasteiger partial charge in [0.25, 0.3) is 0 Å². The fourth-order valence-corrected chi connectivity index (χ4v) is 1.02. The Bertz CT molecular complexity index is 248. The molecule has 0 atom stereocenters. The first-order valence-electron chi connectivity index (χ1n) is 3.80. The molecule has 0 aliphatic heterocycles. The maximum absolute atomic E-state index is 5.69. The van der Waals surface area contributed by atoms with E-state index in [9.17, 15) is 0 Å². The molecule has 1 heterocycles. The quantitative estimate of drug-likeness (QED) is 0.684. The smallest absolute Gasteiger partial charge is 0.0896 e. The number of aromatic nitrogens is 1. The van der Waals surface area contributed by atoms with Crippen LogP contribution in [0.1, 0.15) is 6.92 Å². The molecule has 66 valence electrons. The molecule has 4 nitrogen and oxygen atoms in total. The normalized spacial score (nSPS) is 9.83. The molecule has 1 aromatic heterocycles. The number of rotatable bonds is 3. The predicted molar refractivity (Wildman–Crippen MR) is 48.7 cm³/mol. The number of hydrogen-bond acceptors (Lipinski definition) is 4. The van der Waals surface area contributed by atoms with Gasteiger partial charge in [-0.05, 0) is 13.0 Å². The molecule has 0 spiro atoms. The molecule has 1 rings (SSSR count). The van der Waals surface area contributed by atoms with Gasteiger partial charge in [-0.25, -0.2) is 0 Å². The molecule has 0 saturated carbocycles. The van der Waals surface area contributed by atoms with Gasteiger partial charge in [-0.15, -0.1) is 0 Å². The van der Waals surface area contributed by atoms with Crippen LogP contribution in [-0.4, -0.2) is 18.6 Å². The number of hydrogen-bond donors (Lipinski definition) is 1. The van der Waals surface area contributed by atoms with E-state index in [4.69, 9.17) is 10.6 Å². The van der Waals surface area contributed by atoms with Crippen molar-refractivity contribution in [2.75, 3.05) is 24.5 Å². The standard InChI is InChI=1S/C8H13N3O/c1-3-11(12-2)8-4-5-10-6-7(8)9/h4-6H,3,9H2,1-2H3. The number of anilines is 2. The van der Waals surface area contributed by atoms with E-state index in [1.54, 1.807) is 24.6 Å². The van der Waals surface area contributed by atoms with E-state index in [-0.39, 0.29) is 0 Å². The first kappa shape index (κ1) is 8.80. The van der Waals surface area contributed by atoms with Gasteiger partial charge in [0.2, 0.25) is 0 Å². The summed E-state index contributed by atoms with van der Waals surface area (Å²) in [6, 6.07) is 1.82. The fraction of sp³-hybridized carbons (Fsp3) is 0.375. The zero-order valence-corrected chi connectivity index (χ0v) is 7.32.